The Balaban J connectivity index is 3.06. The maximum Gasteiger partial charge on any atom is 0.269 e. The first-order valence-corrected chi connectivity index (χ1v) is 4.82. The fourth-order valence-corrected chi connectivity index (χ4v) is 1.45. The number of benzene rings is 1. The van der Waals surface area contributed by atoms with E-state index in [9.17, 15) is 10.1 Å². The summed E-state index contributed by atoms with van der Waals surface area (Å²) in [5, 5.41) is 10.6. The molecule has 4 heteroatoms. The van der Waals surface area contributed by atoms with Crippen molar-refractivity contribution >= 4 is 5.69 Å². The van der Waals surface area contributed by atoms with Gasteiger partial charge in [0.15, 0.2) is 0 Å². The average Bonchev–Trinajstić information content (AvgIpc) is 2.06. The molecule has 0 amide bonds. The SMILES string of the molecule is Cc1ccc([N+](=O)[O-])cc1CC(C)(C)N. The van der Waals surface area contributed by atoms with Crippen LogP contribution in [0.15, 0.2) is 18.2 Å². The summed E-state index contributed by atoms with van der Waals surface area (Å²) in [4.78, 5) is 10.2. The number of aryl methyl sites for hydroxylation is 1. The van der Waals surface area contributed by atoms with Gasteiger partial charge in [0.25, 0.3) is 5.69 Å². The molecule has 0 radical (unpaired) electrons. The van der Waals surface area contributed by atoms with Crippen LogP contribution in [0.1, 0.15) is 25.0 Å². The first-order valence-electron chi connectivity index (χ1n) is 4.82. The molecule has 0 spiro atoms. The molecular formula is C11H16N2O2. The van der Waals surface area contributed by atoms with Crippen molar-refractivity contribution in [3.05, 3.63) is 39.4 Å². The van der Waals surface area contributed by atoms with Crippen LogP contribution in [-0.2, 0) is 6.42 Å². The smallest absolute Gasteiger partial charge is 0.269 e. The highest BCUT2D eigenvalue weighted by atomic mass is 16.6. The Labute approximate surface area is 89.2 Å². The largest absolute Gasteiger partial charge is 0.325 e. The van der Waals surface area contributed by atoms with Crippen LogP contribution >= 0.6 is 0 Å². The van der Waals surface area contributed by atoms with E-state index in [1.165, 1.54) is 6.07 Å². The summed E-state index contributed by atoms with van der Waals surface area (Å²) in [6.45, 7) is 5.75. The van der Waals surface area contributed by atoms with Gasteiger partial charge in [-0.05, 0) is 38.3 Å². The van der Waals surface area contributed by atoms with Gasteiger partial charge in [0.2, 0.25) is 0 Å². The van der Waals surface area contributed by atoms with Gasteiger partial charge in [-0.3, -0.25) is 10.1 Å². The average molecular weight is 208 g/mol. The van der Waals surface area contributed by atoms with Crippen LogP contribution in [0.4, 0.5) is 5.69 Å². The number of nitrogens with zero attached hydrogens (tertiary/aromatic N) is 1. The summed E-state index contributed by atoms with van der Waals surface area (Å²) >= 11 is 0. The zero-order valence-electron chi connectivity index (χ0n) is 9.28. The number of non-ortho nitro benzene ring substituents is 1. The van der Waals surface area contributed by atoms with Crippen molar-refractivity contribution in [3.8, 4) is 0 Å². The molecule has 82 valence electrons. The fraction of sp³-hybridized carbons (Fsp3) is 0.455. The zero-order chi connectivity index (χ0) is 11.6. The van der Waals surface area contributed by atoms with E-state index in [1.807, 2.05) is 20.8 Å². The molecule has 0 aliphatic carbocycles. The van der Waals surface area contributed by atoms with E-state index in [2.05, 4.69) is 0 Å². The molecule has 0 saturated carbocycles. The first-order chi connectivity index (χ1) is 6.79. The molecule has 1 rings (SSSR count). The lowest BCUT2D eigenvalue weighted by Crippen LogP contribution is -2.34. The van der Waals surface area contributed by atoms with E-state index in [4.69, 9.17) is 5.73 Å². The first kappa shape index (κ1) is 11.7. The molecule has 2 N–H and O–H groups in total. The van der Waals surface area contributed by atoms with E-state index < -0.39 is 0 Å². The maximum absolute atomic E-state index is 10.6. The Morgan fingerprint density at radius 3 is 2.53 bits per heavy atom. The van der Waals surface area contributed by atoms with Crippen LogP contribution in [0.2, 0.25) is 0 Å². The predicted molar refractivity (Wildman–Crippen MR) is 59.8 cm³/mol. The van der Waals surface area contributed by atoms with Crippen LogP contribution in [0.3, 0.4) is 0 Å². The zero-order valence-corrected chi connectivity index (χ0v) is 9.28. The van der Waals surface area contributed by atoms with Gasteiger partial charge >= 0.3 is 0 Å². The Morgan fingerprint density at radius 2 is 2.07 bits per heavy atom. The minimum Gasteiger partial charge on any atom is -0.325 e. The molecule has 15 heavy (non-hydrogen) atoms. The number of hydrogen-bond acceptors (Lipinski definition) is 3. The van der Waals surface area contributed by atoms with Crippen molar-refractivity contribution in [1.82, 2.24) is 0 Å². The van der Waals surface area contributed by atoms with E-state index in [0.29, 0.717) is 6.42 Å². The highest BCUT2D eigenvalue weighted by Crippen LogP contribution is 2.20. The Hall–Kier alpha value is -1.42. The molecule has 0 heterocycles. The molecule has 4 nitrogen and oxygen atoms in total. The summed E-state index contributed by atoms with van der Waals surface area (Å²) in [6.07, 6.45) is 0.639. The molecule has 0 atom stereocenters. The quantitative estimate of drug-likeness (QED) is 0.611. The highest BCUT2D eigenvalue weighted by molar-refractivity contribution is 5.40. The summed E-state index contributed by atoms with van der Waals surface area (Å²) < 4.78 is 0. The van der Waals surface area contributed by atoms with E-state index >= 15 is 0 Å². The molecule has 0 aromatic heterocycles. The molecule has 1 aromatic carbocycles. The van der Waals surface area contributed by atoms with Gasteiger partial charge in [0, 0.05) is 17.7 Å². The van der Waals surface area contributed by atoms with Gasteiger partial charge in [-0.1, -0.05) is 6.07 Å². The molecule has 0 aliphatic heterocycles. The lowest BCUT2D eigenvalue weighted by atomic mass is 9.93. The van der Waals surface area contributed by atoms with Crippen molar-refractivity contribution in [2.24, 2.45) is 5.73 Å². The molecule has 1 aromatic rings. The third-order valence-electron chi connectivity index (χ3n) is 2.19. The second kappa shape index (κ2) is 3.98. The molecule has 0 saturated heterocycles. The Morgan fingerprint density at radius 1 is 1.47 bits per heavy atom. The van der Waals surface area contributed by atoms with Crippen LogP contribution in [-0.4, -0.2) is 10.5 Å². The highest BCUT2D eigenvalue weighted by Gasteiger charge is 2.15. The van der Waals surface area contributed by atoms with Crippen molar-refractivity contribution in [3.63, 3.8) is 0 Å². The van der Waals surface area contributed by atoms with Crippen molar-refractivity contribution in [2.45, 2.75) is 32.7 Å². The molecule has 0 unspecified atom stereocenters. The van der Waals surface area contributed by atoms with Gasteiger partial charge < -0.3 is 5.73 Å². The molecule has 0 aliphatic rings. The monoisotopic (exact) mass is 208 g/mol. The van der Waals surface area contributed by atoms with Gasteiger partial charge in [0.1, 0.15) is 0 Å². The van der Waals surface area contributed by atoms with Gasteiger partial charge in [-0.25, -0.2) is 0 Å². The van der Waals surface area contributed by atoms with Crippen LogP contribution in [0.5, 0.6) is 0 Å². The third kappa shape index (κ3) is 3.32. The molecule has 0 bridgehead atoms. The number of nitro groups is 1. The summed E-state index contributed by atoms with van der Waals surface area (Å²) in [7, 11) is 0. The molecule has 0 fully saturated rings. The Bertz CT molecular complexity index is 381. The van der Waals surface area contributed by atoms with Crippen LogP contribution in [0.25, 0.3) is 0 Å². The second-order valence-corrected chi connectivity index (χ2v) is 4.53. The van der Waals surface area contributed by atoms with Crippen LogP contribution in [0, 0.1) is 17.0 Å². The number of rotatable bonds is 3. The van der Waals surface area contributed by atoms with Gasteiger partial charge in [0.05, 0.1) is 4.92 Å². The normalized spacial score (nSPS) is 11.5. The van der Waals surface area contributed by atoms with Gasteiger partial charge in [-0.15, -0.1) is 0 Å². The minimum atomic E-state index is -0.382. The number of nitro benzene ring substituents is 1. The second-order valence-electron chi connectivity index (χ2n) is 4.53. The van der Waals surface area contributed by atoms with Crippen LogP contribution < -0.4 is 5.73 Å². The topological polar surface area (TPSA) is 69.2 Å². The number of hydrogen-bond donors (Lipinski definition) is 1. The summed E-state index contributed by atoms with van der Waals surface area (Å²) in [6, 6.07) is 4.88. The van der Waals surface area contributed by atoms with E-state index in [0.717, 1.165) is 11.1 Å². The maximum atomic E-state index is 10.6. The lowest BCUT2D eigenvalue weighted by Gasteiger charge is -2.19. The minimum absolute atomic E-state index is 0.125. The van der Waals surface area contributed by atoms with Crippen molar-refractivity contribution in [2.75, 3.05) is 0 Å². The van der Waals surface area contributed by atoms with Crippen molar-refractivity contribution in [1.29, 1.82) is 0 Å². The Kier molecular flexibility index (Phi) is 3.09. The van der Waals surface area contributed by atoms with E-state index in [-0.39, 0.29) is 16.1 Å². The predicted octanol–water partition coefficient (Wildman–Crippen LogP) is 2.18. The summed E-state index contributed by atoms with van der Waals surface area (Å²) in [5.41, 5.74) is 7.65. The standard InChI is InChI=1S/C11H16N2O2/c1-8-4-5-10(13(14)15)6-9(8)7-11(2,3)12/h4-6H,7,12H2,1-3H3. The number of nitrogens with two attached hydrogens (primary N) is 1. The van der Waals surface area contributed by atoms with E-state index in [1.54, 1.807) is 12.1 Å². The molecular weight excluding hydrogens is 192 g/mol. The fourth-order valence-electron chi connectivity index (χ4n) is 1.45. The van der Waals surface area contributed by atoms with Gasteiger partial charge in [-0.2, -0.15) is 0 Å². The third-order valence-corrected chi connectivity index (χ3v) is 2.19. The van der Waals surface area contributed by atoms with Crippen molar-refractivity contribution < 1.29 is 4.92 Å². The summed E-state index contributed by atoms with van der Waals surface area (Å²) in [5.74, 6) is 0. The lowest BCUT2D eigenvalue weighted by molar-refractivity contribution is -0.384.